The van der Waals surface area contributed by atoms with E-state index >= 15 is 0 Å². The molecule has 0 amide bonds. The Balaban J connectivity index is 2.78. The molecule has 86 valence electrons. The summed E-state index contributed by atoms with van der Waals surface area (Å²) in [5, 5.41) is 9.30. The van der Waals surface area contributed by atoms with Gasteiger partial charge in [-0.05, 0) is 31.9 Å². The molecule has 1 N–H and O–H groups in total. The summed E-state index contributed by atoms with van der Waals surface area (Å²) in [6, 6.07) is 6.12. The van der Waals surface area contributed by atoms with Crippen molar-refractivity contribution in [3.8, 4) is 0 Å². The molecule has 0 radical (unpaired) electrons. The van der Waals surface area contributed by atoms with Crippen LogP contribution in [0.2, 0.25) is 0 Å². The molecule has 0 aliphatic carbocycles. The molecule has 16 heavy (non-hydrogen) atoms. The van der Waals surface area contributed by atoms with Crippen LogP contribution in [0.15, 0.2) is 30.0 Å². The van der Waals surface area contributed by atoms with Gasteiger partial charge in [-0.25, -0.2) is 4.79 Å². The number of hydrogen-bond acceptors (Lipinski definition) is 3. The Hall–Kier alpha value is -1.77. The van der Waals surface area contributed by atoms with E-state index in [0.717, 1.165) is 5.56 Å². The van der Waals surface area contributed by atoms with E-state index in [1.165, 1.54) is 24.3 Å². The Morgan fingerprint density at radius 2 is 1.88 bits per heavy atom. The SMILES string of the molecule is COC(=O)C(O)=CCc1cc(C)cc(C)c1. The van der Waals surface area contributed by atoms with Crippen LogP contribution in [0, 0.1) is 13.8 Å². The highest BCUT2D eigenvalue weighted by Gasteiger charge is 2.05. The van der Waals surface area contributed by atoms with Crippen molar-refractivity contribution in [3.05, 3.63) is 46.7 Å². The van der Waals surface area contributed by atoms with Crippen LogP contribution in [0.4, 0.5) is 0 Å². The molecule has 0 heterocycles. The normalized spacial score (nSPS) is 11.3. The third-order valence-corrected chi connectivity index (χ3v) is 2.21. The summed E-state index contributed by atoms with van der Waals surface area (Å²) in [6.45, 7) is 4.03. The molecule has 0 saturated carbocycles. The van der Waals surface area contributed by atoms with E-state index in [2.05, 4.69) is 10.8 Å². The van der Waals surface area contributed by atoms with Crippen LogP contribution in [0.1, 0.15) is 16.7 Å². The molecule has 0 saturated heterocycles. The van der Waals surface area contributed by atoms with Crippen LogP contribution in [-0.4, -0.2) is 18.2 Å². The average molecular weight is 220 g/mol. The van der Waals surface area contributed by atoms with E-state index < -0.39 is 5.97 Å². The molecule has 0 atom stereocenters. The molecule has 0 unspecified atom stereocenters. The van der Waals surface area contributed by atoms with Crippen molar-refractivity contribution in [2.24, 2.45) is 0 Å². The zero-order valence-corrected chi connectivity index (χ0v) is 9.78. The number of aliphatic hydroxyl groups is 1. The number of carbonyl (C=O) groups excluding carboxylic acids is 1. The zero-order chi connectivity index (χ0) is 12.1. The van der Waals surface area contributed by atoms with Crippen molar-refractivity contribution in [1.29, 1.82) is 0 Å². The van der Waals surface area contributed by atoms with E-state index in [0.29, 0.717) is 6.42 Å². The lowest BCUT2D eigenvalue weighted by Crippen LogP contribution is -2.04. The van der Waals surface area contributed by atoms with Crippen LogP contribution in [0.25, 0.3) is 0 Å². The first-order valence-corrected chi connectivity index (χ1v) is 5.07. The van der Waals surface area contributed by atoms with Crippen LogP contribution in [0.5, 0.6) is 0 Å². The molecule has 1 aromatic carbocycles. The van der Waals surface area contributed by atoms with Gasteiger partial charge in [-0.15, -0.1) is 0 Å². The highest BCUT2D eigenvalue weighted by molar-refractivity contribution is 5.85. The largest absolute Gasteiger partial charge is 0.502 e. The van der Waals surface area contributed by atoms with Gasteiger partial charge in [-0.2, -0.15) is 0 Å². The van der Waals surface area contributed by atoms with Crippen molar-refractivity contribution in [3.63, 3.8) is 0 Å². The monoisotopic (exact) mass is 220 g/mol. The summed E-state index contributed by atoms with van der Waals surface area (Å²) in [4.78, 5) is 10.9. The summed E-state index contributed by atoms with van der Waals surface area (Å²) >= 11 is 0. The van der Waals surface area contributed by atoms with E-state index in [-0.39, 0.29) is 5.76 Å². The van der Waals surface area contributed by atoms with E-state index in [1.807, 2.05) is 26.0 Å². The fourth-order valence-electron chi connectivity index (χ4n) is 1.59. The van der Waals surface area contributed by atoms with Gasteiger partial charge >= 0.3 is 5.97 Å². The number of methoxy groups -OCH3 is 1. The van der Waals surface area contributed by atoms with Gasteiger partial charge in [-0.3, -0.25) is 0 Å². The minimum absolute atomic E-state index is 0.346. The van der Waals surface area contributed by atoms with Gasteiger partial charge in [-0.1, -0.05) is 29.3 Å². The number of allylic oxidation sites excluding steroid dienone is 1. The number of aliphatic hydroxyl groups excluding tert-OH is 1. The molecule has 1 rings (SSSR count). The van der Waals surface area contributed by atoms with Crippen molar-refractivity contribution < 1.29 is 14.6 Å². The second kappa shape index (κ2) is 5.35. The lowest BCUT2D eigenvalue weighted by atomic mass is 10.0. The second-order valence-electron chi connectivity index (χ2n) is 3.78. The molecular formula is C13H16O3. The molecule has 0 aliphatic rings. The minimum atomic E-state index is -0.704. The Bertz CT molecular complexity index is 399. The Morgan fingerprint density at radius 3 is 2.38 bits per heavy atom. The number of carbonyl (C=O) groups is 1. The first-order chi connectivity index (χ1) is 7.52. The van der Waals surface area contributed by atoms with Gasteiger partial charge in [0.15, 0.2) is 5.76 Å². The lowest BCUT2D eigenvalue weighted by molar-refractivity contribution is -0.139. The van der Waals surface area contributed by atoms with Crippen molar-refractivity contribution >= 4 is 5.97 Å². The third-order valence-electron chi connectivity index (χ3n) is 2.21. The Labute approximate surface area is 95.4 Å². The number of esters is 1. The van der Waals surface area contributed by atoms with Crippen LogP contribution in [0.3, 0.4) is 0 Å². The highest BCUT2D eigenvalue weighted by Crippen LogP contribution is 2.10. The molecule has 3 heteroatoms. The van der Waals surface area contributed by atoms with Gasteiger partial charge < -0.3 is 9.84 Å². The molecule has 0 aliphatic heterocycles. The predicted molar refractivity (Wildman–Crippen MR) is 62.3 cm³/mol. The maximum atomic E-state index is 10.9. The molecule has 3 nitrogen and oxygen atoms in total. The van der Waals surface area contributed by atoms with E-state index in [9.17, 15) is 9.90 Å². The van der Waals surface area contributed by atoms with Gasteiger partial charge in [0, 0.05) is 0 Å². The molecule has 0 fully saturated rings. The second-order valence-corrected chi connectivity index (χ2v) is 3.78. The molecule has 1 aromatic rings. The average Bonchev–Trinajstić information content (AvgIpc) is 2.23. The standard InChI is InChI=1S/C13H16O3/c1-9-6-10(2)8-11(7-9)4-5-12(14)13(15)16-3/h5-8,14H,4H2,1-3H3. The summed E-state index contributed by atoms with van der Waals surface area (Å²) in [6.07, 6.45) is 1.98. The first kappa shape index (κ1) is 12.3. The number of benzene rings is 1. The zero-order valence-electron chi connectivity index (χ0n) is 9.78. The molecule has 0 aromatic heterocycles. The Kier molecular flexibility index (Phi) is 4.11. The summed E-state index contributed by atoms with van der Waals surface area (Å²) in [7, 11) is 1.24. The van der Waals surface area contributed by atoms with Gasteiger partial charge in [0.25, 0.3) is 0 Å². The maximum Gasteiger partial charge on any atom is 0.372 e. The number of hydrogen-bond donors (Lipinski definition) is 1. The smallest absolute Gasteiger partial charge is 0.372 e. The van der Waals surface area contributed by atoms with Crippen LogP contribution < -0.4 is 0 Å². The van der Waals surface area contributed by atoms with E-state index in [4.69, 9.17) is 0 Å². The van der Waals surface area contributed by atoms with E-state index in [1.54, 1.807) is 0 Å². The maximum absolute atomic E-state index is 10.9. The Morgan fingerprint density at radius 1 is 1.31 bits per heavy atom. The van der Waals surface area contributed by atoms with Crippen molar-refractivity contribution in [2.75, 3.05) is 7.11 Å². The van der Waals surface area contributed by atoms with Crippen molar-refractivity contribution in [1.82, 2.24) is 0 Å². The summed E-state index contributed by atoms with van der Waals surface area (Å²) < 4.78 is 4.39. The quantitative estimate of drug-likeness (QED) is 0.483. The highest BCUT2D eigenvalue weighted by atomic mass is 16.5. The van der Waals surface area contributed by atoms with Gasteiger partial charge in [0.05, 0.1) is 7.11 Å². The van der Waals surface area contributed by atoms with Gasteiger partial charge in [0.2, 0.25) is 0 Å². The van der Waals surface area contributed by atoms with Crippen molar-refractivity contribution in [2.45, 2.75) is 20.3 Å². The molecular weight excluding hydrogens is 204 g/mol. The summed E-state index contributed by atoms with van der Waals surface area (Å²) in [5.41, 5.74) is 3.40. The first-order valence-electron chi connectivity index (χ1n) is 5.07. The fraction of sp³-hybridized carbons (Fsp3) is 0.308. The number of ether oxygens (including phenoxy) is 1. The predicted octanol–water partition coefficient (Wildman–Crippen LogP) is 2.46. The molecule has 0 spiro atoms. The number of rotatable bonds is 3. The third kappa shape index (κ3) is 3.42. The molecule has 0 bridgehead atoms. The fourth-order valence-corrected chi connectivity index (χ4v) is 1.59. The topological polar surface area (TPSA) is 46.5 Å². The van der Waals surface area contributed by atoms with Gasteiger partial charge in [0.1, 0.15) is 0 Å². The summed E-state index contributed by atoms with van der Waals surface area (Å²) in [5.74, 6) is -1.05. The number of aryl methyl sites for hydroxylation is 2. The van der Waals surface area contributed by atoms with Crippen LogP contribution >= 0.6 is 0 Å². The minimum Gasteiger partial charge on any atom is -0.502 e. The van der Waals surface area contributed by atoms with Crippen LogP contribution in [-0.2, 0) is 16.0 Å². The lowest BCUT2D eigenvalue weighted by Gasteiger charge is -2.02.